The van der Waals surface area contributed by atoms with E-state index in [-0.39, 0.29) is 5.41 Å². The Bertz CT molecular complexity index is 1010. The summed E-state index contributed by atoms with van der Waals surface area (Å²) < 4.78 is 0. The molecule has 0 amide bonds. The Balaban J connectivity index is 1.67. The number of aromatic nitrogens is 5. The van der Waals surface area contributed by atoms with Gasteiger partial charge in [-0.1, -0.05) is 42.5 Å². The summed E-state index contributed by atoms with van der Waals surface area (Å²) in [5.41, 5.74) is 4.96. The molecule has 0 saturated carbocycles. The minimum atomic E-state index is -0.343. The van der Waals surface area contributed by atoms with Crippen molar-refractivity contribution in [3.63, 3.8) is 0 Å². The molecule has 6 heteroatoms. The van der Waals surface area contributed by atoms with Crippen LogP contribution in [0.1, 0.15) is 22.5 Å². The molecule has 3 aromatic heterocycles. The van der Waals surface area contributed by atoms with Crippen molar-refractivity contribution >= 4 is 17.4 Å². The second kappa shape index (κ2) is 6.00. The third-order valence-corrected chi connectivity index (χ3v) is 5.62. The van der Waals surface area contributed by atoms with Gasteiger partial charge in [0.1, 0.15) is 17.0 Å². The highest BCUT2D eigenvalue weighted by atomic mass is 32.1. The van der Waals surface area contributed by atoms with Crippen LogP contribution in [-0.2, 0) is 11.8 Å². The molecule has 0 radical (unpaired) electrons. The average Bonchev–Trinajstić information content (AvgIpc) is 3.38. The maximum absolute atomic E-state index is 4.57. The maximum atomic E-state index is 4.57. The molecule has 1 N–H and O–H groups in total. The quantitative estimate of drug-likeness (QED) is 0.604. The Labute approximate surface area is 154 Å². The number of hydrogen-bond donors (Lipinski definition) is 1. The third-order valence-electron chi connectivity index (χ3n) is 4.84. The van der Waals surface area contributed by atoms with Crippen molar-refractivity contribution in [3.8, 4) is 10.7 Å². The van der Waals surface area contributed by atoms with Crippen LogP contribution in [-0.4, -0.2) is 25.1 Å². The predicted molar refractivity (Wildman–Crippen MR) is 102 cm³/mol. The summed E-state index contributed by atoms with van der Waals surface area (Å²) in [5, 5.41) is 10.7. The highest BCUT2D eigenvalue weighted by Gasteiger charge is 2.37. The molecule has 1 unspecified atom stereocenters. The van der Waals surface area contributed by atoms with Crippen LogP contribution in [0.3, 0.4) is 0 Å². The molecule has 0 aliphatic heterocycles. The molecule has 1 aliphatic carbocycles. The van der Waals surface area contributed by atoms with Gasteiger partial charge in [0.05, 0.1) is 11.1 Å². The normalized spacial score (nSPS) is 18.6. The summed E-state index contributed by atoms with van der Waals surface area (Å²) in [4.78, 5) is 13.1. The molecule has 126 valence electrons. The number of nitrogens with one attached hydrogen (secondary N) is 1. The van der Waals surface area contributed by atoms with Gasteiger partial charge < -0.3 is 0 Å². The van der Waals surface area contributed by atoms with Gasteiger partial charge in [0.25, 0.3) is 0 Å². The summed E-state index contributed by atoms with van der Waals surface area (Å²) in [6.45, 7) is 0. The van der Waals surface area contributed by atoms with E-state index in [2.05, 4.69) is 61.6 Å². The highest BCUT2D eigenvalue weighted by molar-refractivity contribution is 7.13. The zero-order chi connectivity index (χ0) is 17.4. The van der Waals surface area contributed by atoms with E-state index < -0.39 is 0 Å². The van der Waals surface area contributed by atoms with E-state index in [0.717, 1.165) is 34.1 Å². The Hall–Kier alpha value is -3.12. The smallest absolute Gasteiger partial charge is 0.144 e. The second-order valence-corrected chi connectivity index (χ2v) is 7.14. The van der Waals surface area contributed by atoms with Crippen LogP contribution in [0.4, 0.5) is 0 Å². The van der Waals surface area contributed by atoms with Crippen molar-refractivity contribution in [2.24, 2.45) is 0 Å². The summed E-state index contributed by atoms with van der Waals surface area (Å²) in [6, 6.07) is 12.4. The minimum Gasteiger partial charge on any atom is -0.281 e. The number of benzene rings is 1. The molecule has 5 nitrogen and oxygen atoms in total. The van der Waals surface area contributed by atoms with Gasteiger partial charge in [-0.25, -0.2) is 15.0 Å². The molecule has 0 fully saturated rings. The zero-order valence-electron chi connectivity index (χ0n) is 13.8. The first-order chi connectivity index (χ1) is 12.9. The van der Waals surface area contributed by atoms with E-state index >= 15 is 0 Å². The molecule has 0 bridgehead atoms. The topological polar surface area (TPSA) is 67.3 Å². The molecule has 0 saturated heterocycles. The third kappa shape index (κ3) is 2.30. The summed E-state index contributed by atoms with van der Waals surface area (Å²) in [7, 11) is 0. The van der Waals surface area contributed by atoms with Gasteiger partial charge in [0, 0.05) is 35.5 Å². The number of nitrogens with zero attached hydrogens (tertiary/aromatic N) is 4. The fourth-order valence-electron chi connectivity index (χ4n) is 3.58. The lowest BCUT2D eigenvalue weighted by molar-refractivity contribution is 0.598. The Morgan fingerprint density at radius 2 is 1.96 bits per heavy atom. The Morgan fingerprint density at radius 1 is 1.04 bits per heavy atom. The number of H-pyrrole nitrogens is 1. The lowest BCUT2D eigenvalue weighted by Gasteiger charge is -2.33. The van der Waals surface area contributed by atoms with E-state index in [9.17, 15) is 0 Å². The molecule has 1 aromatic carbocycles. The first-order valence-corrected chi connectivity index (χ1v) is 9.23. The zero-order valence-corrected chi connectivity index (χ0v) is 14.6. The number of rotatable bonds is 3. The van der Waals surface area contributed by atoms with Gasteiger partial charge in [0.15, 0.2) is 0 Å². The maximum Gasteiger partial charge on any atom is 0.144 e. The lowest BCUT2D eigenvalue weighted by Crippen LogP contribution is -2.31. The van der Waals surface area contributed by atoms with Gasteiger partial charge in [-0.2, -0.15) is 5.10 Å². The van der Waals surface area contributed by atoms with Crippen molar-refractivity contribution in [3.05, 3.63) is 89.1 Å². The van der Waals surface area contributed by atoms with Gasteiger partial charge >= 0.3 is 0 Å². The van der Waals surface area contributed by atoms with Crippen LogP contribution in [0.5, 0.6) is 0 Å². The van der Waals surface area contributed by atoms with Crippen LogP contribution in [0, 0.1) is 0 Å². The van der Waals surface area contributed by atoms with Gasteiger partial charge in [-0.05, 0) is 11.6 Å². The van der Waals surface area contributed by atoms with Crippen molar-refractivity contribution in [2.45, 2.75) is 11.8 Å². The molecule has 0 spiro atoms. The minimum absolute atomic E-state index is 0.343. The fourth-order valence-corrected chi connectivity index (χ4v) is 4.22. The molecule has 26 heavy (non-hydrogen) atoms. The number of aromatic amines is 1. The summed E-state index contributed by atoms with van der Waals surface area (Å²) >= 11 is 1.60. The Morgan fingerprint density at radius 3 is 2.73 bits per heavy atom. The molecule has 5 rings (SSSR count). The van der Waals surface area contributed by atoms with Crippen molar-refractivity contribution in [2.75, 3.05) is 0 Å². The first-order valence-electron chi connectivity index (χ1n) is 8.35. The average molecular weight is 357 g/mol. The summed E-state index contributed by atoms with van der Waals surface area (Å²) in [6.07, 6.45) is 10.4. The highest BCUT2D eigenvalue weighted by Crippen LogP contribution is 2.42. The monoisotopic (exact) mass is 357 g/mol. The fraction of sp³-hybridized carbons (Fsp3) is 0.100. The molecule has 1 aliphatic rings. The van der Waals surface area contributed by atoms with E-state index in [1.54, 1.807) is 23.9 Å². The largest absolute Gasteiger partial charge is 0.281 e. The van der Waals surface area contributed by atoms with Crippen LogP contribution >= 0.6 is 11.3 Å². The van der Waals surface area contributed by atoms with E-state index in [0.29, 0.717) is 0 Å². The molecular formula is C20H15N5S. The molecule has 1 atom stereocenters. The molecule has 4 aromatic rings. The predicted octanol–water partition coefficient (Wildman–Crippen LogP) is 3.88. The van der Waals surface area contributed by atoms with Crippen LogP contribution in [0.25, 0.3) is 16.8 Å². The number of fused-ring (bicyclic) bond motifs is 1. The van der Waals surface area contributed by atoms with Crippen LogP contribution in [0.15, 0.2) is 66.6 Å². The van der Waals surface area contributed by atoms with E-state index in [1.807, 2.05) is 23.7 Å². The van der Waals surface area contributed by atoms with Crippen molar-refractivity contribution < 1.29 is 0 Å². The number of hydrogen-bond acceptors (Lipinski definition) is 5. The van der Waals surface area contributed by atoms with E-state index in [1.165, 1.54) is 5.56 Å². The SMILES string of the molecule is C1=CC(c2ccccc2)(c2ccncn2)Cc2[nH]nc(-c3nccs3)c21. The Kier molecular flexibility index (Phi) is 3.50. The summed E-state index contributed by atoms with van der Waals surface area (Å²) in [5.74, 6) is 0. The van der Waals surface area contributed by atoms with Crippen molar-refractivity contribution in [1.29, 1.82) is 0 Å². The van der Waals surface area contributed by atoms with Crippen LogP contribution in [0.2, 0.25) is 0 Å². The standard InChI is InChI=1S/C20H15N5S/c1-2-4-14(5-3-1)20(17-7-9-21-13-23-17)8-6-15-16(12-20)24-25-18(15)19-22-10-11-26-19/h1-11,13H,12H2,(H,24,25). The molecule has 3 heterocycles. The van der Waals surface area contributed by atoms with Gasteiger partial charge in [0.2, 0.25) is 0 Å². The van der Waals surface area contributed by atoms with Gasteiger partial charge in [-0.15, -0.1) is 11.3 Å². The van der Waals surface area contributed by atoms with Crippen LogP contribution < -0.4 is 0 Å². The number of allylic oxidation sites excluding steroid dienone is 1. The van der Waals surface area contributed by atoms with E-state index in [4.69, 9.17) is 0 Å². The number of thiazole rings is 1. The molecular weight excluding hydrogens is 342 g/mol. The van der Waals surface area contributed by atoms with Gasteiger partial charge in [-0.3, -0.25) is 5.10 Å². The van der Waals surface area contributed by atoms with Crippen molar-refractivity contribution in [1.82, 2.24) is 25.1 Å². The first kappa shape index (κ1) is 15.2. The second-order valence-electron chi connectivity index (χ2n) is 6.24. The lowest BCUT2D eigenvalue weighted by atomic mass is 9.70.